The number of benzene rings is 1. The molecule has 0 aliphatic heterocycles. The van der Waals surface area contributed by atoms with Crippen LogP contribution < -0.4 is 5.56 Å². The summed E-state index contributed by atoms with van der Waals surface area (Å²) in [6, 6.07) is 10.4. The Morgan fingerprint density at radius 1 is 1.25 bits per heavy atom. The minimum Gasteiger partial charge on any atom is -0.336 e. The molecular weight excluding hydrogens is 438 g/mol. The third kappa shape index (κ3) is 5.26. The number of H-pyrrole nitrogens is 1. The van der Waals surface area contributed by atoms with Gasteiger partial charge in [0.25, 0.3) is 5.56 Å². The van der Waals surface area contributed by atoms with Crippen LogP contribution in [0.2, 0.25) is 0 Å². The number of nitrogens with zero attached hydrogens (tertiary/aromatic N) is 2. The summed E-state index contributed by atoms with van der Waals surface area (Å²) in [7, 11) is 0. The first-order chi connectivity index (χ1) is 15.6. The second-order valence-corrected chi connectivity index (χ2v) is 10.7. The highest BCUT2D eigenvalue weighted by Gasteiger charge is 2.21. The van der Waals surface area contributed by atoms with Crippen LogP contribution in [-0.2, 0) is 29.9 Å². The summed E-state index contributed by atoms with van der Waals surface area (Å²) in [5.41, 5.74) is 2.37. The lowest BCUT2D eigenvalue weighted by atomic mass is 9.97. The zero-order chi connectivity index (χ0) is 22.5. The zero-order valence-corrected chi connectivity index (χ0v) is 20.5. The van der Waals surface area contributed by atoms with E-state index in [9.17, 15) is 9.59 Å². The summed E-state index contributed by atoms with van der Waals surface area (Å²) in [6.07, 6.45) is 5.83. The molecule has 0 radical (unpaired) electrons. The quantitative estimate of drug-likeness (QED) is 0.431. The van der Waals surface area contributed by atoms with Crippen LogP contribution in [0.25, 0.3) is 10.2 Å². The Morgan fingerprint density at radius 3 is 2.81 bits per heavy atom. The maximum absolute atomic E-state index is 12.9. The Balaban J connectivity index is 1.35. The van der Waals surface area contributed by atoms with E-state index in [1.807, 2.05) is 23.1 Å². The van der Waals surface area contributed by atoms with Crippen LogP contribution in [0.3, 0.4) is 0 Å². The molecule has 0 fully saturated rings. The summed E-state index contributed by atoms with van der Waals surface area (Å²) in [4.78, 5) is 37.5. The minimum atomic E-state index is -0.00752. The third-order valence-electron chi connectivity index (χ3n) is 6.21. The van der Waals surface area contributed by atoms with E-state index in [4.69, 9.17) is 4.98 Å². The van der Waals surface area contributed by atoms with Gasteiger partial charge in [0.2, 0.25) is 5.91 Å². The Bertz CT molecular complexity index is 1120. The number of aromatic nitrogens is 2. The predicted octanol–water partition coefficient (Wildman–Crippen LogP) is 5.31. The van der Waals surface area contributed by atoms with Crippen LogP contribution in [-0.4, -0.2) is 32.6 Å². The molecule has 7 heteroatoms. The summed E-state index contributed by atoms with van der Waals surface area (Å²) < 4.78 is 0. The molecule has 1 atom stereocenters. The van der Waals surface area contributed by atoms with Crippen molar-refractivity contribution in [2.24, 2.45) is 0 Å². The minimum absolute atomic E-state index is 0.00752. The van der Waals surface area contributed by atoms with E-state index in [2.05, 4.69) is 31.0 Å². The first-order valence-corrected chi connectivity index (χ1v) is 13.5. The van der Waals surface area contributed by atoms with Crippen LogP contribution in [0.5, 0.6) is 0 Å². The number of thioether (sulfide) groups is 1. The van der Waals surface area contributed by atoms with E-state index < -0.39 is 0 Å². The van der Waals surface area contributed by atoms with Gasteiger partial charge in [-0.25, -0.2) is 4.98 Å². The predicted molar refractivity (Wildman–Crippen MR) is 134 cm³/mol. The fourth-order valence-corrected chi connectivity index (χ4v) is 6.31. The molecule has 0 saturated carbocycles. The van der Waals surface area contributed by atoms with Gasteiger partial charge in [0.05, 0.1) is 11.1 Å². The van der Waals surface area contributed by atoms with E-state index in [1.54, 1.807) is 23.1 Å². The summed E-state index contributed by atoms with van der Waals surface area (Å²) in [6.45, 7) is 4.87. The lowest BCUT2D eigenvalue weighted by Gasteiger charge is -2.29. The first kappa shape index (κ1) is 23.1. The highest BCUT2D eigenvalue weighted by atomic mass is 32.2. The number of fused-ring (bicyclic) bond motifs is 3. The Labute approximate surface area is 197 Å². The number of rotatable bonds is 9. The molecule has 1 aliphatic rings. The van der Waals surface area contributed by atoms with Gasteiger partial charge in [-0.3, -0.25) is 9.59 Å². The first-order valence-electron chi connectivity index (χ1n) is 11.5. The molecule has 0 bridgehead atoms. The van der Waals surface area contributed by atoms with Gasteiger partial charge < -0.3 is 9.88 Å². The van der Waals surface area contributed by atoms with Crippen LogP contribution in [0.1, 0.15) is 61.4 Å². The molecule has 3 aromatic rings. The number of hydrogen-bond donors (Lipinski definition) is 1. The fourth-order valence-electron chi connectivity index (χ4n) is 4.24. The molecule has 32 heavy (non-hydrogen) atoms. The number of carbonyl (C=O) groups excluding carboxylic acids is 1. The van der Waals surface area contributed by atoms with Gasteiger partial charge in [-0.2, -0.15) is 11.8 Å². The van der Waals surface area contributed by atoms with E-state index in [0.717, 1.165) is 41.5 Å². The number of aryl methyl sites for hydroxylation is 2. The average Bonchev–Trinajstić information content (AvgIpc) is 3.19. The second kappa shape index (κ2) is 10.7. The number of aromatic amines is 1. The molecule has 1 aromatic carbocycles. The van der Waals surface area contributed by atoms with Gasteiger partial charge >= 0.3 is 0 Å². The number of carbonyl (C=O) groups is 1. The van der Waals surface area contributed by atoms with Crippen molar-refractivity contribution < 1.29 is 4.79 Å². The van der Waals surface area contributed by atoms with Gasteiger partial charge in [0, 0.05) is 29.6 Å². The maximum atomic E-state index is 12.9. The van der Waals surface area contributed by atoms with Gasteiger partial charge in [-0.05, 0) is 50.2 Å². The monoisotopic (exact) mass is 469 g/mol. The van der Waals surface area contributed by atoms with Crippen molar-refractivity contribution in [1.29, 1.82) is 0 Å². The van der Waals surface area contributed by atoms with Gasteiger partial charge in [-0.1, -0.05) is 37.3 Å². The average molecular weight is 470 g/mol. The van der Waals surface area contributed by atoms with E-state index in [0.29, 0.717) is 30.3 Å². The largest absolute Gasteiger partial charge is 0.336 e. The molecule has 4 rings (SSSR count). The number of amides is 1. The molecular formula is C25H31N3O2S2. The Kier molecular flexibility index (Phi) is 7.68. The Morgan fingerprint density at radius 2 is 2.03 bits per heavy atom. The Hall–Kier alpha value is -2.12. The van der Waals surface area contributed by atoms with Crippen molar-refractivity contribution in [3.8, 4) is 0 Å². The highest BCUT2D eigenvalue weighted by molar-refractivity contribution is 7.98. The molecule has 2 aromatic heterocycles. The van der Waals surface area contributed by atoms with Gasteiger partial charge in [0.1, 0.15) is 10.7 Å². The topological polar surface area (TPSA) is 66.1 Å². The van der Waals surface area contributed by atoms with Crippen molar-refractivity contribution in [3.63, 3.8) is 0 Å². The maximum Gasteiger partial charge on any atom is 0.259 e. The smallest absolute Gasteiger partial charge is 0.259 e. The van der Waals surface area contributed by atoms with Gasteiger partial charge in [0.15, 0.2) is 0 Å². The molecule has 1 amide bonds. The van der Waals surface area contributed by atoms with Crippen molar-refractivity contribution in [1.82, 2.24) is 14.9 Å². The summed E-state index contributed by atoms with van der Waals surface area (Å²) in [5.74, 6) is 2.21. The number of nitrogens with one attached hydrogen (secondary N) is 1. The molecule has 5 nitrogen and oxygen atoms in total. The standard InChI is InChI=1S/C25H31N3O2S2/c1-3-17(2)28(15-18-9-5-4-6-10-18)22(29)13-14-31-16-21-26-24(30)23-19-11-7-8-12-20(19)32-25(23)27-21/h4-6,9-10,17H,3,7-8,11-16H2,1-2H3,(H,26,27,30). The molecule has 1 unspecified atom stereocenters. The van der Waals surface area contributed by atoms with Crippen LogP contribution >= 0.6 is 23.1 Å². The van der Waals surface area contributed by atoms with Crippen molar-refractivity contribution in [2.75, 3.05) is 5.75 Å². The SMILES string of the molecule is CCC(C)N(Cc1ccccc1)C(=O)CCSCc1nc2sc3c(c2c(=O)[nH]1)CCCC3. The summed E-state index contributed by atoms with van der Waals surface area (Å²) >= 11 is 3.34. The van der Waals surface area contributed by atoms with Crippen LogP contribution in [0, 0.1) is 0 Å². The van der Waals surface area contributed by atoms with E-state index >= 15 is 0 Å². The van der Waals surface area contributed by atoms with Crippen molar-refractivity contribution in [2.45, 2.75) is 70.7 Å². The molecule has 0 saturated heterocycles. The molecule has 170 valence electrons. The summed E-state index contributed by atoms with van der Waals surface area (Å²) in [5, 5.41) is 0.804. The molecule has 0 spiro atoms. The van der Waals surface area contributed by atoms with Crippen molar-refractivity contribution in [3.05, 3.63) is 62.5 Å². The van der Waals surface area contributed by atoms with Crippen LogP contribution in [0.15, 0.2) is 35.1 Å². The lowest BCUT2D eigenvalue weighted by molar-refractivity contribution is -0.133. The van der Waals surface area contributed by atoms with E-state index in [1.165, 1.54) is 16.9 Å². The van der Waals surface area contributed by atoms with Gasteiger partial charge in [-0.15, -0.1) is 11.3 Å². The molecule has 1 aliphatic carbocycles. The lowest BCUT2D eigenvalue weighted by Crippen LogP contribution is -2.37. The number of thiophene rings is 1. The molecule has 1 N–H and O–H groups in total. The molecule has 2 heterocycles. The number of hydrogen-bond acceptors (Lipinski definition) is 5. The van der Waals surface area contributed by atoms with E-state index in [-0.39, 0.29) is 17.5 Å². The zero-order valence-electron chi connectivity index (χ0n) is 18.9. The highest BCUT2D eigenvalue weighted by Crippen LogP contribution is 2.33. The fraction of sp³-hybridized carbons (Fsp3) is 0.480. The second-order valence-electron chi connectivity index (χ2n) is 8.47. The normalized spacial score (nSPS) is 14.3. The third-order valence-corrected chi connectivity index (χ3v) is 8.37. The van der Waals surface area contributed by atoms with Crippen molar-refractivity contribution >= 4 is 39.2 Å². The van der Waals surface area contributed by atoms with Crippen LogP contribution in [0.4, 0.5) is 0 Å².